The zero-order valence-corrected chi connectivity index (χ0v) is 26.1. The van der Waals surface area contributed by atoms with Gasteiger partial charge in [0, 0.05) is 17.1 Å². The largest absolute Gasteiger partial charge is 0.494 e. The molecule has 4 rings (SSSR count). The van der Waals surface area contributed by atoms with Crippen molar-refractivity contribution in [3.05, 3.63) is 96.2 Å². The highest BCUT2D eigenvalue weighted by Gasteiger charge is 2.06. The number of carbonyl (C=O) groups excluding carboxylic acids is 1. The van der Waals surface area contributed by atoms with Crippen LogP contribution in [-0.2, 0) is 0 Å². The SMILES string of the molecule is COc1ccc(/C=C/C(=O)c2ccc(OCCCCCCCCCCCCOc3cccc4cccnc34)cc2)cc1OC. The molecular formula is C38H45NO5. The fourth-order valence-electron chi connectivity index (χ4n) is 5.12. The summed E-state index contributed by atoms with van der Waals surface area (Å²) in [5.74, 6) is 2.90. The first kappa shape index (κ1) is 32.6. The standard InChI is InChI=1S/C38H45NO5/c1-41-35-25-19-30(29-37(35)42-2)18-24-34(40)31-20-22-33(23-21-31)43-27-11-9-7-5-3-4-6-8-10-12-28-44-36-17-13-15-32-16-14-26-39-38(32)36/h13-26,29H,3-12,27-28H2,1-2H3/b24-18+. The molecule has 232 valence electrons. The van der Waals surface area contributed by atoms with Crippen molar-refractivity contribution in [1.82, 2.24) is 4.98 Å². The Morgan fingerprint density at radius 1 is 0.659 bits per heavy atom. The van der Waals surface area contributed by atoms with Crippen LogP contribution >= 0.6 is 0 Å². The summed E-state index contributed by atoms with van der Waals surface area (Å²) in [4.78, 5) is 17.0. The number of para-hydroxylation sites is 1. The predicted octanol–water partition coefficient (Wildman–Crippen LogP) is 9.51. The zero-order chi connectivity index (χ0) is 30.8. The quantitative estimate of drug-likeness (QED) is 0.0576. The molecule has 0 saturated heterocycles. The number of hydrogen-bond acceptors (Lipinski definition) is 6. The van der Waals surface area contributed by atoms with E-state index in [9.17, 15) is 4.79 Å². The molecule has 0 unspecified atom stereocenters. The lowest BCUT2D eigenvalue weighted by Gasteiger charge is -2.08. The van der Waals surface area contributed by atoms with Gasteiger partial charge in [0.2, 0.25) is 0 Å². The summed E-state index contributed by atoms with van der Waals surface area (Å²) >= 11 is 0. The van der Waals surface area contributed by atoms with E-state index in [2.05, 4.69) is 17.1 Å². The van der Waals surface area contributed by atoms with Gasteiger partial charge in [0.05, 0.1) is 27.4 Å². The minimum Gasteiger partial charge on any atom is -0.494 e. The van der Waals surface area contributed by atoms with Gasteiger partial charge in [-0.2, -0.15) is 0 Å². The monoisotopic (exact) mass is 595 g/mol. The number of pyridine rings is 1. The summed E-state index contributed by atoms with van der Waals surface area (Å²) in [5, 5.41) is 1.12. The Morgan fingerprint density at radius 3 is 1.98 bits per heavy atom. The highest BCUT2D eigenvalue weighted by atomic mass is 16.5. The molecule has 6 nitrogen and oxygen atoms in total. The number of carbonyl (C=O) groups is 1. The van der Waals surface area contributed by atoms with E-state index < -0.39 is 0 Å². The lowest BCUT2D eigenvalue weighted by Crippen LogP contribution is -1.99. The summed E-state index contributed by atoms with van der Waals surface area (Å²) < 4.78 is 22.5. The number of hydrogen-bond donors (Lipinski definition) is 0. The van der Waals surface area contributed by atoms with Gasteiger partial charge >= 0.3 is 0 Å². The highest BCUT2D eigenvalue weighted by Crippen LogP contribution is 2.28. The molecule has 0 saturated carbocycles. The molecule has 0 fully saturated rings. The molecule has 0 amide bonds. The molecule has 0 atom stereocenters. The van der Waals surface area contributed by atoms with Gasteiger partial charge < -0.3 is 18.9 Å². The highest BCUT2D eigenvalue weighted by molar-refractivity contribution is 6.06. The molecule has 4 aromatic rings. The minimum absolute atomic E-state index is 0.0602. The molecule has 0 radical (unpaired) electrons. The number of unbranched alkanes of at least 4 members (excludes halogenated alkanes) is 9. The fraction of sp³-hybridized carbons (Fsp3) is 0.368. The number of fused-ring (bicyclic) bond motifs is 1. The number of allylic oxidation sites excluding steroid dienone is 1. The molecule has 1 heterocycles. The van der Waals surface area contributed by atoms with Crippen LogP contribution in [0.4, 0.5) is 0 Å². The van der Waals surface area contributed by atoms with Crippen molar-refractivity contribution in [1.29, 1.82) is 0 Å². The second-order valence-corrected chi connectivity index (χ2v) is 10.9. The first-order valence-corrected chi connectivity index (χ1v) is 15.8. The zero-order valence-electron chi connectivity index (χ0n) is 26.1. The van der Waals surface area contributed by atoms with Crippen molar-refractivity contribution in [3.63, 3.8) is 0 Å². The lowest BCUT2D eigenvalue weighted by atomic mass is 10.1. The Hall–Kier alpha value is -4.32. The maximum Gasteiger partial charge on any atom is 0.185 e. The minimum atomic E-state index is -0.0602. The number of rotatable bonds is 20. The van der Waals surface area contributed by atoms with Crippen LogP contribution in [0.5, 0.6) is 23.0 Å². The number of methoxy groups -OCH3 is 2. The molecule has 44 heavy (non-hydrogen) atoms. The van der Waals surface area contributed by atoms with E-state index in [0.717, 1.165) is 47.4 Å². The van der Waals surface area contributed by atoms with Crippen molar-refractivity contribution in [2.24, 2.45) is 0 Å². The number of aromatic nitrogens is 1. The van der Waals surface area contributed by atoms with Gasteiger partial charge in [-0.1, -0.05) is 81.7 Å². The van der Waals surface area contributed by atoms with E-state index in [1.807, 2.05) is 66.9 Å². The summed E-state index contributed by atoms with van der Waals surface area (Å²) in [6.45, 7) is 1.45. The first-order valence-electron chi connectivity index (χ1n) is 15.8. The predicted molar refractivity (Wildman–Crippen MR) is 178 cm³/mol. The van der Waals surface area contributed by atoms with Crippen LogP contribution < -0.4 is 18.9 Å². The third kappa shape index (κ3) is 10.4. The van der Waals surface area contributed by atoms with Crippen LogP contribution in [0.3, 0.4) is 0 Å². The van der Waals surface area contributed by atoms with Crippen LogP contribution in [-0.4, -0.2) is 38.2 Å². The van der Waals surface area contributed by atoms with Crippen LogP contribution in [0.25, 0.3) is 17.0 Å². The Bertz CT molecular complexity index is 1460. The van der Waals surface area contributed by atoms with Crippen LogP contribution in [0.2, 0.25) is 0 Å². The summed E-state index contributed by atoms with van der Waals surface area (Å²) in [6, 6.07) is 23.0. The Labute approximate surface area is 262 Å². The van der Waals surface area contributed by atoms with E-state index in [-0.39, 0.29) is 5.78 Å². The van der Waals surface area contributed by atoms with E-state index in [1.165, 1.54) is 51.4 Å². The van der Waals surface area contributed by atoms with Gasteiger partial charge in [-0.3, -0.25) is 9.78 Å². The fourth-order valence-corrected chi connectivity index (χ4v) is 5.12. The molecule has 0 aliphatic rings. The Kier molecular flexibility index (Phi) is 13.6. The van der Waals surface area contributed by atoms with Gasteiger partial charge in [0.25, 0.3) is 0 Å². The summed E-state index contributed by atoms with van der Waals surface area (Å²) in [5.41, 5.74) is 2.44. The van der Waals surface area contributed by atoms with Gasteiger partial charge in [-0.05, 0) is 73.0 Å². The molecule has 0 N–H and O–H groups in total. The molecule has 3 aromatic carbocycles. The topological polar surface area (TPSA) is 66.9 Å². The number of ketones is 1. The number of nitrogens with zero attached hydrogens (tertiary/aromatic N) is 1. The molecule has 0 aliphatic heterocycles. The molecule has 1 aromatic heterocycles. The van der Waals surface area contributed by atoms with Gasteiger partial charge in [-0.15, -0.1) is 0 Å². The molecule has 0 bridgehead atoms. The normalized spacial score (nSPS) is 11.1. The lowest BCUT2D eigenvalue weighted by molar-refractivity contribution is 0.104. The van der Waals surface area contributed by atoms with Crippen molar-refractivity contribution in [2.45, 2.75) is 64.2 Å². The molecule has 0 aliphatic carbocycles. The summed E-state index contributed by atoms with van der Waals surface area (Å²) in [6.07, 6.45) is 17.4. The van der Waals surface area contributed by atoms with Crippen molar-refractivity contribution >= 4 is 22.8 Å². The van der Waals surface area contributed by atoms with Gasteiger partial charge in [0.15, 0.2) is 17.3 Å². The van der Waals surface area contributed by atoms with E-state index >= 15 is 0 Å². The van der Waals surface area contributed by atoms with Crippen LogP contribution in [0, 0.1) is 0 Å². The van der Waals surface area contributed by atoms with E-state index in [4.69, 9.17) is 18.9 Å². The van der Waals surface area contributed by atoms with Crippen LogP contribution in [0.1, 0.15) is 80.1 Å². The van der Waals surface area contributed by atoms with Gasteiger partial charge in [-0.25, -0.2) is 0 Å². The molecular weight excluding hydrogens is 550 g/mol. The maximum atomic E-state index is 12.6. The smallest absolute Gasteiger partial charge is 0.185 e. The summed E-state index contributed by atoms with van der Waals surface area (Å²) in [7, 11) is 3.19. The van der Waals surface area contributed by atoms with Gasteiger partial charge in [0.1, 0.15) is 17.0 Å². The van der Waals surface area contributed by atoms with Crippen molar-refractivity contribution in [2.75, 3.05) is 27.4 Å². The van der Waals surface area contributed by atoms with E-state index in [1.54, 1.807) is 26.4 Å². The van der Waals surface area contributed by atoms with Crippen molar-refractivity contribution < 1.29 is 23.7 Å². The molecule has 0 spiro atoms. The third-order valence-corrected chi connectivity index (χ3v) is 7.63. The maximum absolute atomic E-state index is 12.6. The average Bonchev–Trinajstić information content (AvgIpc) is 3.07. The van der Waals surface area contributed by atoms with Crippen molar-refractivity contribution in [3.8, 4) is 23.0 Å². The second-order valence-electron chi connectivity index (χ2n) is 10.9. The molecule has 6 heteroatoms. The Morgan fingerprint density at radius 2 is 1.30 bits per heavy atom. The number of benzene rings is 3. The van der Waals surface area contributed by atoms with E-state index in [0.29, 0.717) is 23.7 Å². The first-order chi connectivity index (χ1) is 21.7. The third-order valence-electron chi connectivity index (χ3n) is 7.63. The Balaban J connectivity index is 0.990. The second kappa shape index (κ2) is 18.4. The van der Waals surface area contributed by atoms with Crippen LogP contribution in [0.15, 0.2) is 85.1 Å². The average molecular weight is 596 g/mol. The number of ether oxygens (including phenoxy) is 4.